The van der Waals surface area contributed by atoms with Crippen LogP contribution in [0.5, 0.6) is 0 Å². The Morgan fingerprint density at radius 3 is 2.56 bits per heavy atom. The van der Waals surface area contributed by atoms with Crippen molar-refractivity contribution in [3.8, 4) is 0 Å². The van der Waals surface area contributed by atoms with Crippen molar-refractivity contribution in [1.82, 2.24) is 5.32 Å². The van der Waals surface area contributed by atoms with Crippen molar-refractivity contribution >= 4 is 0 Å². The molecule has 2 unspecified atom stereocenters. The molecule has 1 aliphatic rings. The van der Waals surface area contributed by atoms with E-state index in [9.17, 15) is 0 Å². The van der Waals surface area contributed by atoms with Gasteiger partial charge in [0.15, 0.2) is 0 Å². The maximum absolute atomic E-state index is 5.61. The van der Waals surface area contributed by atoms with Crippen LogP contribution in [0.15, 0.2) is 0 Å². The monoisotopic (exact) mass is 256 g/mol. The van der Waals surface area contributed by atoms with E-state index < -0.39 is 0 Å². The Morgan fingerprint density at radius 2 is 2.00 bits per heavy atom. The molecule has 2 atom stereocenters. The predicted octanol–water partition coefficient (Wildman–Crippen LogP) is 2.69. The zero-order valence-electron chi connectivity index (χ0n) is 12.3. The molecule has 0 amide bonds. The first kappa shape index (κ1) is 15.9. The first-order valence-electron chi connectivity index (χ1n) is 7.76. The molecule has 18 heavy (non-hydrogen) atoms. The SMILES string of the molecule is CCC(NC(CCCN)COC)C1CCCCC1. The Bertz CT molecular complexity index is 193. The Balaban J connectivity index is 2.40. The topological polar surface area (TPSA) is 47.3 Å². The van der Waals surface area contributed by atoms with E-state index in [0.717, 1.165) is 31.9 Å². The first-order chi connectivity index (χ1) is 8.81. The fraction of sp³-hybridized carbons (Fsp3) is 1.00. The lowest BCUT2D eigenvalue weighted by atomic mass is 9.82. The molecule has 0 radical (unpaired) electrons. The molecule has 0 spiro atoms. The molecule has 1 aliphatic carbocycles. The summed E-state index contributed by atoms with van der Waals surface area (Å²) in [6.45, 7) is 3.89. The fourth-order valence-electron chi connectivity index (χ4n) is 3.21. The second-order valence-electron chi connectivity index (χ2n) is 5.66. The van der Waals surface area contributed by atoms with Crippen LogP contribution < -0.4 is 11.1 Å². The molecule has 0 aromatic carbocycles. The van der Waals surface area contributed by atoms with E-state index in [2.05, 4.69) is 12.2 Å². The van der Waals surface area contributed by atoms with E-state index in [4.69, 9.17) is 10.5 Å². The second kappa shape index (κ2) is 9.76. The van der Waals surface area contributed by atoms with E-state index in [0.29, 0.717) is 12.1 Å². The molecule has 1 saturated carbocycles. The fourth-order valence-corrected chi connectivity index (χ4v) is 3.21. The van der Waals surface area contributed by atoms with Crippen molar-refractivity contribution in [2.24, 2.45) is 11.7 Å². The van der Waals surface area contributed by atoms with Crippen LogP contribution in [0.3, 0.4) is 0 Å². The molecule has 0 bridgehead atoms. The Kier molecular flexibility index (Phi) is 8.64. The van der Waals surface area contributed by atoms with Crippen LogP contribution in [0.25, 0.3) is 0 Å². The minimum Gasteiger partial charge on any atom is -0.383 e. The number of nitrogens with one attached hydrogen (secondary N) is 1. The van der Waals surface area contributed by atoms with E-state index in [1.807, 2.05) is 0 Å². The van der Waals surface area contributed by atoms with Gasteiger partial charge in [-0.05, 0) is 44.6 Å². The average Bonchev–Trinajstić information content (AvgIpc) is 2.43. The lowest BCUT2D eigenvalue weighted by molar-refractivity contribution is 0.141. The van der Waals surface area contributed by atoms with Crippen LogP contribution in [0.1, 0.15) is 58.3 Å². The van der Waals surface area contributed by atoms with Gasteiger partial charge < -0.3 is 15.8 Å². The molecular weight excluding hydrogens is 224 g/mol. The summed E-state index contributed by atoms with van der Waals surface area (Å²) in [7, 11) is 1.79. The molecule has 0 aliphatic heterocycles. The van der Waals surface area contributed by atoms with Crippen molar-refractivity contribution in [1.29, 1.82) is 0 Å². The molecule has 0 heterocycles. The normalized spacial score (nSPS) is 20.8. The predicted molar refractivity (Wildman–Crippen MR) is 77.7 cm³/mol. The van der Waals surface area contributed by atoms with Crippen molar-refractivity contribution in [3.63, 3.8) is 0 Å². The highest BCUT2D eigenvalue weighted by Crippen LogP contribution is 2.28. The number of ether oxygens (including phenoxy) is 1. The van der Waals surface area contributed by atoms with Gasteiger partial charge in [0.2, 0.25) is 0 Å². The van der Waals surface area contributed by atoms with Crippen LogP contribution in [0.2, 0.25) is 0 Å². The third kappa shape index (κ3) is 5.68. The Morgan fingerprint density at radius 1 is 1.28 bits per heavy atom. The molecule has 0 saturated heterocycles. The molecule has 3 N–H and O–H groups in total. The summed E-state index contributed by atoms with van der Waals surface area (Å²) in [6, 6.07) is 1.15. The average molecular weight is 256 g/mol. The molecule has 0 aromatic rings. The van der Waals surface area contributed by atoms with Crippen molar-refractivity contribution in [2.75, 3.05) is 20.3 Å². The lowest BCUT2D eigenvalue weighted by Gasteiger charge is -2.33. The third-order valence-corrected chi connectivity index (χ3v) is 4.23. The van der Waals surface area contributed by atoms with Crippen LogP contribution in [0, 0.1) is 5.92 Å². The van der Waals surface area contributed by atoms with Gasteiger partial charge in [-0.2, -0.15) is 0 Å². The lowest BCUT2D eigenvalue weighted by Crippen LogP contribution is -2.45. The third-order valence-electron chi connectivity index (χ3n) is 4.23. The largest absolute Gasteiger partial charge is 0.383 e. The van der Waals surface area contributed by atoms with Gasteiger partial charge in [0, 0.05) is 19.2 Å². The maximum Gasteiger partial charge on any atom is 0.0615 e. The standard InChI is InChI=1S/C15H32N2O/c1-3-15(13-8-5-4-6-9-13)17-14(12-18-2)10-7-11-16/h13-15,17H,3-12,16H2,1-2H3. The summed E-state index contributed by atoms with van der Waals surface area (Å²) >= 11 is 0. The smallest absolute Gasteiger partial charge is 0.0615 e. The quantitative estimate of drug-likeness (QED) is 0.667. The van der Waals surface area contributed by atoms with Crippen LogP contribution in [-0.4, -0.2) is 32.3 Å². The van der Waals surface area contributed by atoms with Crippen molar-refractivity contribution in [3.05, 3.63) is 0 Å². The first-order valence-corrected chi connectivity index (χ1v) is 7.76. The van der Waals surface area contributed by atoms with Gasteiger partial charge in [-0.25, -0.2) is 0 Å². The summed E-state index contributed by atoms with van der Waals surface area (Å²) in [6.07, 6.45) is 10.5. The zero-order chi connectivity index (χ0) is 13.2. The molecule has 108 valence electrons. The maximum atomic E-state index is 5.61. The van der Waals surface area contributed by atoms with E-state index in [-0.39, 0.29) is 0 Å². The van der Waals surface area contributed by atoms with Gasteiger partial charge in [-0.15, -0.1) is 0 Å². The summed E-state index contributed by atoms with van der Waals surface area (Å²) in [5.74, 6) is 0.876. The number of hydrogen-bond acceptors (Lipinski definition) is 3. The molecule has 1 fully saturated rings. The summed E-state index contributed by atoms with van der Waals surface area (Å²) in [5.41, 5.74) is 5.61. The highest BCUT2D eigenvalue weighted by Gasteiger charge is 2.24. The molecule has 3 heteroatoms. The second-order valence-corrected chi connectivity index (χ2v) is 5.66. The van der Waals surface area contributed by atoms with Crippen LogP contribution in [-0.2, 0) is 4.74 Å². The van der Waals surface area contributed by atoms with Crippen molar-refractivity contribution in [2.45, 2.75) is 70.4 Å². The molecule has 1 rings (SSSR count). The van der Waals surface area contributed by atoms with Gasteiger partial charge >= 0.3 is 0 Å². The van der Waals surface area contributed by atoms with E-state index in [1.165, 1.54) is 38.5 Å². The number of nitrogens with two attached hydrogens (primary N) is 1. The minimum atomic E-state index is 0.477. The summed E-state index contributed by atoms with van der Waals surface area (Å²) < 4.78 is 5.33. The van der Waals surface area contributed by atoms with Crippen LogP contribution >= 0.6 is 0 Å². The highest BCUT2D eigenvalue weighted by molar-refractivity contribution is 4.81. The molecule has 0 aromatic heterocycles. The summed E-state index contributed by atoms with van der Waals surface area (Å²) in [5, 5.41) is 3.83. The van der Waals surface area contributed by atoms with E-state index >= 15 is 0 Å². The Hall–Kier alpha value is -0.120. The number of hydrogen-bond donors (Lipinski definition) is 2. The molecule has 3 nitrogen and oxygen atoms in total. The van der Waals surface area contributed by atoms with Crippen molar-refractivity contribution < 1.29 is 4.74 Å². The zero-order valence-corrected chi connectivity index (χ0v) is 12.3. The van der Waals surface area contributed by atoms with Crippen LogP contribution in [0.4, 0.5) is 0 Å². The molecular formula is C15H32N2O. The summed E-state index contributed by atoms with van der Waals surface area (Å²) in [4.78, 5) is 0. The van der Waals surface area contributed by atoms with Gasteiger partial charge in [-0.1, -0.05) is 26.2 Å². The van der Waals surface area contributed by atoms with Gasteiger partial charge in [0.05, 0.1) is 6.61 Å². The van der Waals surface area contributed by atoms with E-state index in [1.54, 1.807) is 7.11 Å². The van der Waals surface area contributed by atoms with Gasteiger partial charge in [-0.3, -0.25) is 0 Å². The highest BCUT2D eigenvalue weighted by atomic mass is 16.5. The van der Waals surface area contributed by atoms with Gasteiger partial charge in [0.1, 0.15) is 0 Å². The Labute approximate surface area is 113 Å². The van der Waals surface area contributed by atoms with Gasteiger partial charge in [0.25, 0.3) is 0 Å². The minimum absolute atomic E-state index is 0.477. The number of rotatable bonds is 9. The number of methoxy groups -OCH3 is 1.